The van der Waals surface area contributed by atoms with Gasteiger partial charge in [0.05, 0.1) is 0 Å². The standard InChI is InChI=1S/C10H19ClN2/c1-8(6-11)7-13-4-3-10(12)5-9(13)2/h6,9-10H,3-5,7,12H2,1-2H3/b8-6+. The Labute approximate surface area is 85.7 Å². The highest BCUT2D eigenvalue weighted by atomic mass is 35.5. The molecule has 76 valence electrons. The Morgan fingerprint density at radius 1 is 1.69 bits per heavy atom. The summed E-state index contributed by atoms with van der Waals surface area (Å²) in [5.74, 6) is 0. The summed E-state index contributed by atoms with van der Waals surface area (Å²) in [6, 6.07) is 0.988. The van der Waals surface area contributed by atoms with E-state index in [4.69, 9.17) is 17.3 Å². The Hall–Kier alpha value is -0.0500. The maximum atomic E-state index is 5.88. The summed E-state index contributed by atoms with van der Waals surface area (Å²) in [6.45, 7) is 6.39. The fourth-order valence-corrected chi connectivity index (χ4v) is 1.92. The quantitative estimate of drug-likeness (QED) is 0.742. The molecule has 0 radical (unpaired) electrons. The molecule has 2 atom stereocenters. The molecule has 0 aliphatic carbocycles. The van der Waals surface area contributed by atoms with Crippen LogP contribution < -0.4 is 5.73 Å². The second kappa shape index (κ2) is 4.99. The lowest BCUT2D eigenvalue weighted by Gasteiger charge is -2.36. The molecule has 0 bridgehead atoms. The van der Waals surface area contributed by atoms with Crippen LogP contribution in [-0.2, 0) is 0 Å². The van der Waals surface area contributed by atoms with Crippen LogP contribution in [0.4, 0.5) is 0 Å². The number of nitrogens with two attached hydrogens (primary N) is 1. The monoisotopic (exact) mass is 202 g/mol. The molecule has 3 heteroatoms. The maximum Gasteiger partial charge on any atom is 0.0204 e. The molecule has 2 nitrogen and oxygen atoms in total. The molecule has 2 unspecified atom stereocenters. The van der Waals surface area contributed by atoms with Crippen LogP contribution in [0.5, 0.6) is 0 Å². The summed E-state index contributed by atoms with van der Waals surface area (Å²) in [6.07, 6.45) is 2.22. The third kappa shape index (κ3) is 3.29. The van der Waals surface area contributed by atoms with Gasteiger partial charge < -0.3 is 5.73 Å². The van der Waals surface area contributed by atoms with Gasteiger partial charge in [0.1, 0.15) is 0 Å². The Bertz CT molecular complexity index is 191. The summed E-state index contributed by atoms with van der Waals surface area (Å²) in [4.78, 5) is 2.44. The normalized spacial score (nSPS) is 32.2. The van der Waals surface area contributed by atoms with Gasteiger partial charge in [0, 0.05) is 30.7 Å². The number of hydrogen-bond acceptors (Lipinski definition) is 2. The Balaban J connectivity index is 2.42. The van der Waals surface area contributed by atoms with Crippen molar-refractivity contribution in [1.29, 1.82) is 0 Å². The molecule has 0 aromatic heterocycles. The first-order chi connectivity index (χ1) is 6.13. The Morgan fingerprint density at radius 2 is 2.38 bits per heavy atom. The van der Waals surface area contributed by atoms with Gasteiger partial charge in [0.2, 0.25) is 0 Å². The molecule has 0 saturated carbocycles. The average molecular weight is 203 g/mol. The van der Waals surface area contributed by atoms with E-state index in [1.807, 2.05) is 0 Å². The fraction of sp³-hybridized carbons (Fsp3) is 0.800. The van der Waals surface area contributed by atoms with Crippen LogP contribution in [0.15, 0.2) is 11.1 Å². The van der Waals surface area contributed by atoms with Gasteiger partial charge in [-0.2, -0.15) is 0 Å². The number of piperidine rings is 1. The van der Waals surface area contributed by atoms with E-state index in [0.717, 1.165) is 25.9 Å². The first kappa shape index (κ1) is 11.0. The lowest BCUT2D eigenvalue weighted by molar-refractivity contribution is 0.161. The number of likely N-dealkylation sites (tertiary alicyclic amines) is 1. The molecule has 1 saturated heterocycles. The van der Waals surface area contributed by atoms with Crippen molar-refractivity contribution in [3.8, 4) is 0 Å². The van der Waals surface area contributed by atoms with Crippen LogP contribution in [0.2, 0.25) is 0 Å². The van der Waals surface area contributed by atoms with Crippen LogP contribution in [0.25, 0.3) is 0 Å². The zero-order valence-corrected chi connectivity index (χ0v) is 9.22. The number of hydrogen-bond donors (Lipinski definition) is 1. The third-order valence-corrected chi connectivity index (χ3v) is 3.07. The van der Waals surface area contributed by atoms with Gasteiger partial charge in [-0.05, 0) is 32.3 Å². The Kier molecular flexibility index (Phi) is 4.23. The van der Waals surface area contributed by atoms with Crippen molar-refractivity contribution in [2.24, 2.45) is 5.73 Å². The molecule has 1 fully saturated rings. The van der Waals surface area contributed by atoms with Gasteiger partial charge in [-0.25, -0.2) is 0 Å². The van der Waals surface area contributed by atoms with Crippen LogP contribution >= 0.6 is 11.6 Å². The number of nitrogens with zero attached hydrogens (tertiary/aromatic N) is 1. The predicted molar refractivity (Wildman–Crippen MR) is 57.9 cm³/mol. The van der Waals surface area contributed by atoms with E-state index in [9.17, 15) is 0 Å². The first-order valence-electron chi connectivity index (χ1n) is 4.89. The van der Waals surface area contributed by atoms with Crippen LogP contribution in [0.3, 0.4) is 0 Å². The van der Waals surface area contributed by atoms with Crippen LogP contribution in [-0.4, -0.2) is 30.1 Å². The van der Waals surface area contributed by atoms with Gasteiger partial charge >= 0.3 is 0 Å². The smallest absolute Gasteiger partial charge is 0.0204 e. The summed E-state index contributed by atoms with van der Waals surface area (Å²) >= 11 is 5.63. The van der Waals surface area contributed by atoms with Crippen molar-refractivity contribution in [2.75, 3.05) is 13.1 Å². The maximum absolute atomic E-state index is 5.88. The third-order valence-electron chi connectivity index (χ3n) is 2.69. The fourth-order valence-electron chi connectivity index (χ4n) is 1.85. The SMILES string of the molecule is C/C(=C\Cl)CN1CCC(N)CC1C. The molecule has 1 aliphatic rings. The minimum atomic E-state index is 0.395. The second-order valence-corrected chi connectivity index (χ2v) is 4.28. The van der Waals surface area contributed by atoms with E-state index in [-0.39, 0.29) is 0 Å². The molecule has 1 aliphatic heterocycles. The van der Waals surface area contributed by atoms with Crippen molar-refractivity contribution in [2.45, 2.75) is 38.8 Å². The zero-order valence-electron chi connectivity index (χ0n) is 8.46. The van der Waals surface area contributed by atoms with Gasteiger partial charge in [-0.3, -0.25) is 4.90 Å². The largest absolute Gasteiger partial charge is 0.328 e. The number of rotatable bonds is 2. The second-order valence-electron chi connectivity index (χ2n) is 4.06. The summed E-state index contributed by atoms with van der Waals surface area (Å²) in [5, 5.41) is 0. The van der Waals surface area contributed by atoms with Crippen LogP contribution in [0, 0.1) is 0 Å². The molecular formula is C10H19ClN2. The lowest BCUT2D eigenvalue weighted by Crippen LogP contribution is -2.45. The molecule has 0 amide bonds. The van der Waals surface area contributed by atoms with Crippen molar-refractivity contribution < 1.29 is 0 Å². The summed E-state index contributed by atoms with van der Waals surface area (Å²) in [5.41, 5.74) is 8.78. The summed E-state index contributed by atoms with van der Waals surface area (Å²) < 4.78 is 0. The van der Waals surface area contributed by atoms with E-state index in [2.05, 4.69) is 18.7 Å². The molecule has 0 aromatic rings. The summed E-state index contributed by atoms with van der Waals surface area (Å²) in [7, 11) is 0. The minimum absolute atomic E-state index is 0.395. The highest BCUT2D eigenvalue weighted by Crippen LogP contribution is 2.17. The zero-order chi connectivity index (χ0) is 9.84. The minimum Gasteiger partial charge on any atom is -0.328 e. The molecule has 0 spiro atoms. The van der Waals surface area contributed by atoms with E-state index in [1.165, 1.54) is 5.57 Å². The average Bonchev–Trinajstić information content (AvgIpc) is 2.09. The van der Waals surface area contributed by atoms with Gasteiger partial charge in [-0.15, -0.1) is 0 Å². The lowest BCUT2D eigenvalue weighted by atomic mass is 9.99. The topological polar surface area (TPSA) is 29.3 Å². The first-order valence-corrected chi connectivity index (χ1v) is 5.32. The molecular weight excluding hydrogens is 184 g/mol. The van der Waals surface area contributed by atoms with Crippen molar-refractivity contribution in [1.82, 2.24) is 4.90 Å². The highest BCUT2D eigenvalue weighted by molar-refractivity contribution is 6.25. The molecule has 0 aromatic carbocycles. The van der Waals surface area contributed by atoms with Gasteiger partial charge in [0.15, 0.2) is 0 Å². The van der Waals surface area contributed by atoms with E-state index in [0.29, 0.717) is 12.1 Å². The van der Waals surface area contributed by atoms with E-state index in [1.54, 1.807) is 5.54 Å². The molecule has 1 heterocycles. The van der Waals surface area contributed by atoms with Gasteiger partial charge in [-0.1, -0.05) is 11.6 Å². The van der Waals surface area contributed by atoms with Crippen molar-refractivity contribution in [3.05, 3.63) is 11.1 Å². The molecule has 1 rings (SSSR count). The molecule has 2 N–H and O–H groups in total. The van der Waals surface area contributed by atoms with E-state index < -0.39 is 0 Å². The Morgan fingerprint density at radius 3 is 2.92 bits per heavy atom. The highest BCUT2D eigenvalue weighted by Gasteiger charge is 2.22. The predicted octanol–water partition coefficient (Wildman–Crippen LogP) is 1.94. The van der Waals surface area contributed by atoms with E-state index >= 15 is 0 Å². The molecule has 13 heavy (non-hydrogen) atoms. The van der Waals surface area contributed by atoms with Crippen molar-refractivity contribution >= 4 is 11.6 Å². The number of halogens is 1. The van der Waals surface area contributed by atoms with Crippen molar-refractivity contribution in [3.63, 3.8) is 0 Å². The van der Waals surface area contributed by atoms with Crippen LogP contribution in [0.1, 0.15) is 26.7 Å². The van der Waals surface area contributed by atoms with Gasteiger partial charge in [0.25, 0.3) is 0 Å².